The first-order chi connectivity index (χ1) is 9.26. The molecule has 0 saturated carbocycles. The topological polar surface area (TPSA) is 62.7 Å². The molecule has 0 aliphatic heterocycles. The number of hydrogen-bond acceptors (Lipinski definition) is 5. The van der Waals surface area contributed by atoms with E-state index in [1.165, 1.54) is 23.5 Å². The summed E-state index contributed by atoms with van der Waals surface area (Å²) in [7, 11) is 0. The molecule has 3 aromatic rings. The van der Waals surface area contributed by atoms with E-state index in [0.29, 0.717) is 22.2 Å². The van der Waals surface area contributed by atoms with Gasteiger partial charge in [-0.1, -0.05) is 5.16 Å². The summed E-state index contributed by atoms with van der Waals surface area (Å²) < 4.78 is 18.0. The number of thiophene rings is 1. The van der Waals surface area contributed by atoms with Crippen LogP contribution in [0, 0.1) is 17.1 Å². The zero-order chi connectivity index (χ0) is 13.2. The maximum absolute atomic E-state index is 12.8. The van der Waals surface area contributed by atoms with Crippen molar-refractivity contribution in [2.45, 2.75) is 0 Å². The lowest BCUT2D eigenvalue weighted by molar-refractivity contribution is 0.433. The van der Waals surface area contributed by atoms with Crippen molar-refractivity contribution in [3.63, 3.8) is 0 Å². The molecule has 0 unspecified atom stereocenters. The summed E-state index contributed by atoms with van der Waals surface area (Å²) in [6.45, 7) is 0. The van der Waals surface area contributed by atoms with E-state index in [1.54, 1.807) is 24.3 Å². The summed E-state index contributed by atoms with van der Waals surface area (Å²) >= 11 is 1.28. The van der Waals surface area contributed by atoms with Gasteiger partial charge in [0, 0.05) is 5.56 Å². The van der Waals surface area contributed by atoms with Crippen LogP contribution in [0.15, 0.2) is 40.9 Å². The van der Waals surface area contributed by atoms with Crippen LogP contribution in [0.1, 0.15) is 4.88 Å². The molecule has 0 fully saturated rings. The Morgan fingerprint density at radius 2 is 1.95 bits per heavy atom. The Hall–Kier alpha value is -2.52. The van der Waals surface area contributed by atoms with Gasteiger partial charge in [0.2, 0.25) is 5.82 Å². The number of nitrogens with zero attached hydrogens (tertiary/aromatic N) is 3. The fourth-order valence-corrected chi connectivity index (χ4v) is 2.28. The molecule has 0 aliphatic carbocycles. The van der Waals surface area contributed by atoms with Crippen molar-refractivity contribution < 1.29 is 8.91 Å². The molecule has 1 aromatic carbocycles. The number of nitriles is 1. The number of hydrogen-bond donors (Lipinski definition) is 0. The van der Waals surface area contributed by atoms with E-state index in [9.17, 15) is 4.39 Å². The second kappa shape index (κ2) is 4.63. The highest BCUT2D eigenvalue weighted by atomic mass is 32.1. The van der Waals surface area contributed by atoms with Crippen molar-refractivity contribution in [2.24, 2.45) is 0 Å². The summed E-state index contributed by atoms with van der Waals surface area (Å²) in [6.07, 6.45) is 0. The highest BCUT2D eigenvalue weighted by molar-refractivity contribution is 7.15. The number of benzene rings is 1. The summed E-state index contributed by atoms with van der Waals surface area (Å²) in [5.41, 5.74) is 0.675. The van der Waals surface area contributed by atoms with Gasteiger partial charge in [-0.2, -0.15) is 10.2 Å². The molecule has 2 aromatic heterocycles. The molecule has 0 atom stereocenters. The van der Waals surface area contributed by atoms with Crippen LogP contribution in [0.4, 0.5) is 4.39 Å². The van der Waals surface area contributed by atoms with Gasteiger partial charge < -0.3 is 4.52 Å². The Bertz CT molecular complexity index is 755. The third kappa shape index (κ3) is 2.23. The molecule has 19 heavy (non-hydrogen) atoms. The van der Waals surface area contributed by atoms with Crippen molar-refractivity contribution in [1.82, 2.24) is 10.1 Å². The average Bonchev–Trinajstić information content (AvgIpc) is 3.08. The monoisotopic (exact) mass is 271 g/mol. The van der Waals surface area contributed by atoms with Crippen LogP contribution in [0.5, 0.6) is 0 Å². The third-order valence-electron chi connectivity index (χ3n) is 2.46. The van der Waals surface area contributed by atoms with E-state index in [4.69, 9.17) is 9.78 Å². The van der Waals surface area contributed by atoms with Gasteiger partial charge in [-0.05, 0) is 36.4 Å². The molecular formula is C13H6FN3OS. The Labute approximate surface area is 111 Å². The minimum Gasteiger partial charge on any atom is -0.333 e. The summed E-state index contributed by atoms with van der Waals surface area (Å²) in [6, 6.07) is 11.3. The molecule has 3 rings (SSSR count). The highest BCUT2D eigenvalue weighted by Gasteiger charge is 2.12. The van der Waals surface area contributed by atoms with Crippen LogP contribution < -0.4 is 0 Å². The predicted octanol–water partition coefficient (Wildman–Crippen LogP) is 3.48. The number of rotatable bonds is 2. The maximum Gasteiger partial charge on any atom is 0.268 e. The maximum atomic E-state index is 12.8. The van der Waals surface area contributed by atoms with Gasteiger partial charge in [-0.3, -0.25) is 0 Å². The molecule has 0 N–H and O–H groups in total. The molecule has 2 heterocycles. The van der Waals surface area contributed by atoms with E-state index in [1.807, 2.05) is 6.07 Å². The molecule has 0 bridgehead atoms. The Kier molecular flexibility index (Phi) is 2.82. The molecule has 0 aliphatic rings. The standard InChI is InChI=1S/C13H6FN3OS/c14-9-3-1-8(2-4-9)12-16-13(18-17-12)11-6-5-10(7-15)19-11/h1-6H. The second-order valence-corrected chi connectivity index (χ2v) is 4.79. The van der Waals surface area contributed by atoms with E-state index >= 15 is 0 Å². The highest BCUT2D eigenvalue weighted by Crippen LogP contribution is 2.28. The smallest absolute Gasteiger partial charge is 0.268 e. The lowest BCUT2D eigenvalue weighted by Crippen LogP contribution is -1.81. The van der Waals surface area contributed by atoms with Gasteiger partial charge >= 0.3 is 0 Å². The van der Waals surface area contributed by atoms with Crippen molar-refractivity contribution in [3.8, 4) is 28.2 Å². The molecule has 92 valence electrons. The lowest BCUT2D eigenvalue weighted by Gasteiger charge is -1.92. The van der Waals surface area contributed by atoms with Crippen molar-refractivity contribution in [3.05, 3.63) is 47.1 Å². The van der Waals surface area contributed by atoms with Crippen LogP contribution in [-0.2, 0) is 0 Å². The predicted molar refractivity (Wildman–Crippen MR) is 67.7 cm³/mol. The van der Waals surface area contributed by atoms with Gasteiger partial charge in [0.25, 0.3) is 5.89 Å². The lowest BCUT2D eigenvalue weighted by atomic mass is 10.2. The fraction of sp³-hybridized carbons (Fsp3) is 0. The zero-order valence-corrected chi connectivity index (χ0v) is 10.3. The van der Waals surface area contributed by atoms with Gasteiger partial charge in [-0.15, -0.1) is 11.3 Å². The van der Waals surface area contributed by atoms with Crippen LogP contribution in [-0.4, -0.2) is 10.1 Å². The Morgan fingerprint density at radius 3 is 2.63 bits per heavy atom. The zero-order valence-electron chi connectivity index (χ0n) is 9.50. The van der Waals surface area contributed by atoms with Gasteiger partial charge in [0.15, 0.2) is 0 Å². The van der Waals surface area contributed by atoms with Crippen molar-refractivity contribution in [1.29, 1.82) is 5.26 Å². The summed E-state index contributed by atoms with van der Waals surface area (Å²) in [4.78, 5) is 5.54. The first-order valence-electron chi connectivity index (χ1n) is 5.36. The molecule has 0 spiro atoms. The normalized spacial score (nSPS) is 10.3. The first kappa shape index (κ1) is 11.6. The van der Waals surface area contributed by atoms with E-state index < -0.39 is 0 Å². The SMILES string of the molecule is N#Cc1ccc(-c2nc(-c3ccc(F)cc3)no2)s1. The van der Waals surface area contributed by atoms with Gasteiger partial charge in [0.05, 0.1) is 4.88 Å². The molecule has 4 nitrogen and oxygen atoms in total. The largest absolute Gasteiger partial charge is 0.333 e. The van der Waals surface area contributed by atoms with Crippen LogP contribution in [0.3, 0.4) is 0 Å². The van der Waals surface area contributed by atoms with Crippen molar-refractivity contribution >= 4 is 11.3 Å². The minimum absolute atomic E-state index is 0.315. The summed E-state index contributed by atoms with van der Waals surface area (Å²) in [5.74, 6) is 0.428. The third-order valence-corrected chi connectivity index (χ3v) is 3.43. The molecule has 6 heteroatoms. The van der Waals surface area contributed by atoms with Gasteiger partial charge in [-0.25, -0.2) is 4.39 Å². The van der Waals surface area contributed by atoms with E-state index in [0.717, 1.165) is 4.88 Å². The first-order valence-corrected chi connectivity index (χ1v) is 6.18. The number of halogens is 1. The molecule has 0 saturated heterocycles. The van der Waals surface area contributed by atoms with Crippen LogP contribution in [0.2, 0.25) is 0 Å². The van der Waals surface area contributed by atoms with Crippen molar-refractivity contribution in [2.75, 3.05) is 0 Å². The second-order valence-electron chi connectivity index (χ2n) is 3.71. The summed E-state index contributed by atoms with van der Waals surface area (Å²) in [5, 5.41) is 12.6. The molecule has 0 amide bonds. The number of aromatic nitrogens is 2. The minimum atomic E-state index is -0.315. The Balaban J connectivity index is 1.95. The molecule has 0 radical (unpaired) electrons. The van der Waals surface area contributed by atoms with E-state index in [2.05, 4.69) is 10.1 Å². The fourth-order valence-electron chi connectivity index (χ4n) is 1.55. The van der Waals surface area contributed by atoms with Crippen LogP contribution in [0.25, 0.3) is 22.2 Å². The van der Waals surface area contributed by atoms with Crippen LogP contribution >= 0.6 is 11.3 Å². The Morgan fingerprint density at radius 1 is 1.16 bits per heavy atom. The average molecular weight is 271 g/mol. The molecular weight excluding hydrogens is 265 g/mol. The van der Waals surface area contributed by atoms with Gasteiger partial charge in [0.1, 0.15) is 16.8 Å². The van der Waals surface area contributed by atoms with E-state index in [-0.39, 0.29) is 5.82 Å². The quantitative estimate of drug-likeness (QED) is 0.715.